The molecule has 3 aromatic rings. The van der Waals surface area contributed by atoms with Gasteiger partial charge in [0.1, 0.15) is 11.5 Å². The molecule has 0 aliphatic rings. The van der Waals surface area contributed by atoms with Crippen LogP contribution in [0.1, 0.15) is 10.5 Å². The fraction of sp³-hybridized carbons (Fsp3) is 0. The van der Waals surface area contributed by atoms with E-state index >= 15 is 0 Å². The van der Waals surface area contributed by atoms with E-state index in [1.54, 1.807) is 18.2 Å². The quantitative estimate of drug-likeness (QED) is 0.690. The van der Waals surface area contributed by atoms with Crippen LogP contribution in [0.5, 0.6) is 17.2 Å². The van der Waals surface area contributed by atoms with Gasteiger partial charge in [0, 0.05) is 5.39 Å². The zero-order valence-electron chi connectivity index (χ0n) is 11.2. The number of aromatic carboxylic acids is 1. The van der Waals surface area contributed by atoms with E-state index in [4.69, 9.17) is 9.84 Å². The van der Waals surface area contributed by atoms with Crippen LogP contribution in [0.3, 0.4) is 0 Å². The fourth-order valence-corrected chi connectivity index (χ4v) is 2.14. The van der Waals surface area contributed by atoms with Crippen molar-refractivity contribution in [2.45, 2.75) is 0 Å². The maximum absolute atomic E-state index is 12.0. The summed E-state index contributed by atoms with van der Waals surface area (Å²) >= 11 is 0. The summed E-state index contributed by atoms with van der Waals surface area (Å²) in [7, 11) is 0. The molecule has 0 fully saturated rings. The molecule has 0 saturated carbocycles. The molecule has 0 saturated heterocycles. The molecular formula is C16H11NO5. The first-order valence-electron chi connectivity index (χ1n) is 6.41. The van der Waals surface area contributed by atoms with E-state index in [0.29, 0.717) is 11.5 Å². The second kappa shape index (κ2) is 5.25. The van der Waals surface area contributed by atoms with Gasteiger partial charge in [0.2, 0.25) is 0 Å². The number of aromatic nitrogens is 1. The van der Waals surface area contributed by atoms with E-state index in [-0.39, 0.29) is 10.8 Å². The molecule has 22 heavy (non-hydrogen) atoms. The van der Waals surface area contributed by atoms with Gasteiger partial charge in [-0.15, -0.1) is 0 Å². The van der Waals surface area contributed by atoms with E-state index in [0.717, 1.165) is 0 Å². The highest BCUT2D eigenvalue weighted by molar-refractivity contribution is 5.98. The van der Waals surface area contributed by atoms with Gasteiger partial charge in [-0.3, -0.25) is 4.79 Å². The van der Waals surface area contributed by atoms with E-state index < -0.39 is 23.0 Å². The molecule has 6 heteroatoms. The molecule has 0 bridgehead atoms. The number of nitrogens with one attached hydrogen (secondary N) is 1. The van der Waals surface area contributed by atoms with Crippen LogP contribution in [0.2, 0.25) is 0 Å². The van der Waals surface area contributed by atoms with Crippen LogP contribution >= 0.6 is 0 Å². The molecule has 110 valence electrons. The topological polar surface area (TPSA) is 99.6 Å². The Morgan fingerprint density at radius 3 is 2.41 bits per heavy atom. The normalized spacial score (nSPS) is 10.5. The van der Waals surface area contributed by atoms with E-state index in [1.807, 2.05) is 18.2 Å². The minimum absolute atomic E-state index is 0.149. The van der Waals surface area contributed by atoms with Gasteiger partial charge in [-0.05, 0) is 30.3 Å². The molecule has 0 aliphatic carbocycles. The predicted octanol–water partition coefficient (Wildman–Crippen LogP) is 2.72. The highest BCUT2D eigenvalue weighted by Crippen LogP contribution is 2.29. The molecule has 6 nitrogen and oxygen atoms in total. The number of rotatable bonds is 3. The molecule has 0 aliphatic heterocycles. The fourth-order valence-electron chi connectivity index (χ4n) is 2.14. The summed E-state index contributed by atoms with van der Waals surface area (Å²) in [6, 6.07) is 13.5. The van der Waals surface area contributed by atoms with Gasteiger partial charge < -0.3 is 19.9 Å². The lowest BCUT2D eigenvalue weighted by molar-refractivity contribution is 0.0687. The number of hydrogen-bond acceptors (Lipinski definition) is 4. The summed E-state index contributed by atoms with van der Waals surface area (Å²) < 4.78 is 5.61. The summed E-state index contributed by atoms with van der Waals surface area (Å²) in [5.74, 6) is -0.870. The number of carbonyl (C=O) groups is 1. The average molecular weight is 297 g/mol. The maximum atomic E-state index is 12.0. The Bertz CT molecular complexity index is 915. The highest BCUT2D eigenvalue weighted by atomic mass is 16.5. The molecule has 0 radical (unpaired) electrons. The lowest BCUT2D eigenvalue weighted by Gasteiger charge is -2.08. The number of pyridine rings is 1. The molecular weight excluding hydrogens is 286 g/mol. The molecule has 0 amide bonds. The molecule has 2 aromatic carbocycles. The van der Waals surface area contributed by atoms with Gasteiger partial charge in [-0.25, -0.2) is 4.79 Å². The van der Waals surface area contributed by atoms with Crippen molar-refractivity contribution >= 4 is 16.7 Å². The van der Waals surface area contributed by atoms with Crippen LogP contribution in [0.15, 0.2) is 53.3 Å². The van der Waals surface area contributed by atoms with E-state index in [1.165, 1.54) is 12.1 Å². The second-order valence-corrected chi connectivity index (χ2v) is 4.61. The van der Waals surface area contributed by atoms with Crippen molar-refractivity contribution in [2.24, 2.45) is 0 Å². The largest absolute Gasteiger partial charge is 0.505 e. The summed E-state index contributed by atoms with van der Waals surface area (Å²) in [4.78, 5) is 25.1. The number of H-pyrrole nitrogens is 1. The van der Waals surface area contributed by atoms with Crippen molar-refractivity contribution in [1.29, 1.82) is 0 Å². The van der Waals surface area contributed by atoms with E-state index in [9.17, 15) is 14.7 Å². The maximum Gasteiger partial charge on any atom is 0.356 e. The Kier molecular flexibility index (Phi) is 3.27. The molecule has 0 unspecified atom stereocenters. The van der Waals surface area contributed by atoms with Crippen LogP contribution in [-0.4, -0.2) is 21.2 Å². The summed E-state index contributed by atoms with van der Waals surface area (Å²) in [5.41, 5.74) is -1.14. The Labute approximate surface area is 124 Å². The third-order valence-electron chi connectivity index (χ3n) is 3.16. The van der Waals surface area contributed by atoms with Gasteiger partial charge in [-0.2, -0.15) is 0 Å². The number of aromatic hydroxyl groups is 1. The Balaban J connectivity index is 2.11. The monoisotopic (exact) mass is 297 g/mol. The number of carboxylic acids is 1. The van der Waals surface area contributed by atoms with Crippen LogP contribution in [-0.2, 0) is 0 Å². The first-order valence-corrected chi connectivity index (χ1v) is 6.41. The van der Waals surface area contributed by atoms with Gasteiger partial charge in [-0.1, -0.05) is 18.2 Å². The van der Waals surface area contributed by atoms with Crippen LogP contribution < -0.4 is 10.3 Å². The number of benzene rings is 2. The van der Waals surface area contributed by atoms with Crippen molar-refractivity contribution in [1.82, 2.24) is 4.98 Å². The van der Waals surface area contributed by atoms with Crippen molar-refractivity contribution < 1.29 is 19.7 Å². The van der Waals surface area contributed by atoms with Gasteiger partial charge in [0.15, 0.2) is 11.4 Å². The smallest absolute Gasteiger partial charge is 0.356 e. The van der Waals surface area contributed by atoms with Crippen LogP contribution in [0.4, 0.5) is 0 Å². The lowest BCUT2D eigenvalue weighted by atomic mass is 10.1. The van der Waals surface area contributed by atoms with E-state index in [2.05, 4.69) is 4.98 Å². The first-order chi connectivity index (χ1) is 10.6. The summed E-state index contributed by atoms with van der Waals surface area (Å²) in [6.07, 6.45) is 0. The van der Waals surface area contributed by atoms with Crippen molar-refractivity contribution in [3.8, 4) is 17.2 Å². The van der Waals surface area contributed by atoms with Crippen molar-refractivity contribution in [3.05, 3.63) is 64.6 Å². The molecule has 3 rings (SSSR count). The third-order valence-corrected chi connectivity index (χ3v) is 3.16. The zero-order valence-corrected chi connectivity index (χ0v) is 11.2. The number of carboxylic acid groups (broad SMARTS) is 1. The van der Waals surface area contributed by atoms with Gasteiger partial charge in [0.25, 0.3) is 5.56 Å². The zero-order chi connectivity index (χ0) is 15.7. The molecule has 1 heterocycles. The lowest BCUT2D eigenvalue weighted by Crippen LogP contribution is -2.13. The van der Waals surface area contributed by atoms with Crippen molar-refractivity contribution in [2.75, 3.05) is 0 Å². The predicted molar refractivity (Wildman–Crippen MR) is 79.7 cm³/mol. The minimum Gasteiger partial charge on any atom is -0.505 e. The first kappa shape index (κ1) is 13.7. The number of ether oxygens (including phenoxy) is 1. The molecule has 1 aromatic heterocycles. The Morgan fingerprint density at radius 1 is 1.00 bits per heavy atom. The number of hydrogen-bond donors (Lipinski definition) is 3. The number of aromatic amines is 1. The van der Waals surface area contributed by atoms with Crippen LogP contribution in [0, 0.1) is 0 Å². The SMILES string of the molecule is O=C(O)c1[nH]c(=O)c2cc(Oc3ccccc3)ccc2c1O. The molecule has 3 N–H and O–H groups in total. The second-order valence-electron chi connectivity index (χ2n) is 4.61. The Hall–Kier alpha value is -3.28. The van der Waals surface area contributed by atoms with Crippen molar-refractivity contribution in [3.63, 3.8) is 0 Å². The highest BCUT2D eigenvalue weighted by Gasteiger charge is 2.16. The summed E-state index contributed by atoms with van der Waals surface area (Å²) in [5, 5.41) is 19.2. The average Bonchev–Trinajstić information content (AvgIpc) is 2.51. The van der Waals surface area contributed by atoms with Gasteiger partial charge >= 0.3 is 5.97 Å². The number of fused-ring (bicyclic) bond motifs is 1. The molecule has 0 atom stereocenters. The standard InChI is InChI=1S/C16H11NO5/c18-14-11-7-6-10(22-9-4-2-1-3-5-9)8-12(11)15(19)17-13(14)16(20)21/h1-8,18H,(H,17,19)(H,20,21). The molecule has 0 spiro atoms. The minimum atomic E-state index is -1.40. The number of para-hydroxylation sites is 1. The van der Waals surface area contributed by atoms with Gasteiger partial charge in [0.05, 0.1) is 5.39 Å². The Morgan fingerprint density at radius 2 is 1.73 bits per heavy atom. The summed E-state index contributed by atoms with van der Waals surface area (Å²) in [6.45, 7) is 0. The third kappa shape index (κ3) is 2.37. The van der Waals surface area contributed by atoms with Crippen LogP contribution in [0.25, 0.3) is 10.8 Å².